The molecule has 0 saturated heterocycles. The van der Waals surface area contributed by atoms with Crippen molar-refractivity contribution in [2.45, 2.75) is 31.5 Å². The summed E-state index contributed by atoms with van der Waals surface area (Å²) in [6, 6.07) is 7.75. The van der Waals surface area contributed by atoms with E-state index in [2.05, 4.69) is 17.3 Å². The van der Waals surface area contributed by atoms with E-state index >= 15 is 0 Å². The first-order valence-corrected chi connectivity index (χ1v) is 6.86. The van der Waals surface area contributed by atoms with Crippen molar-refractivity contribution in [1.29, 1.82) is 0 Å². The summed E-state index contributed by atoms with van der Waals surface area (Å²) in [5.41, 5.74) is 1.12. The van der Waals surface area contributed by atoms with Crippen molar-refractivity contribution in [2.75, 3.05) is 27.3 Å². The van der Waals surface area contributed by atoms with Gasteiger partial charge >= 0.3 is 0 Å². The Labute approximate surface area is 114 Å². The lowest BCUT2D eigenvalue weighted by Crippen LogP contribution is -2.43. The van der Waals surface area contributed by atoms with Gasteiger partial charge in [-0.3, -0.25) is 4.90 Å². The summed E-state index contributed by atoms with van der Waals surface area (Å²) in [5.74, 6) is -0.185. The molecule has 0 heterocycles. The van der Waals surface area contributed by atoms with Crippen LogP contribution < -0.4 is 5.32 Å². The van der Waals surface area contributed by atoms with Crippen LogP contribution >= 0.6 is 0 Å². The molecule has 1 fully saturated rings. The lowest BCUT2D eigenvalue weighted by molar-refractivity contribution is 0.101. The zero-order valence-electron chi connectivity index (χ0n) is 11.7. The second-order valence-corrected chi connectivity index (χ2v) is 5.33. The van der Waals surface area contributed by atoms with Crippen molar-refractivity contribution in [3.8, 4) is 0 Å². The van der Waals surface area contributed by atoms with Gasteiger partial charge in [-0.1, -0.05) is 12.1 Å². The Morgan fingerprint density at radius 1 is 1.37 bits per heavy atom. The number of methoxy groups -OCH3 is 1. The summed E-state index contributed by atoms with van der Waals surface area (Å²) >= 11 is 0. The molecular formula is C15H23FN2O. The van der Waals surface area contributed by atoms with Crippen LogP contribution in [0.5, 0.6) is 0 Å². The molecule has 0 spiro atoms. The van der Waals surface area contributed by atoms with Crippen LogP contribution in [-0.2, 0) is 11.3 Å². The van der Waals surface area contributed by atoms with Crippen LogP contribution in [0.4, 0.5) is 4.39 Å². The predicted octanol–water partition coefficient (Wildman–Crippen LogP) is 2.02. The predicted molar refractivity (Wildman–Crippen MR) is 74.6 cm³/mol. The van der Waals surface area contributed by atoms with E-state index in [9.17, 15) is 4.39 Å². The van der Waals surface area contributed by atoms with Gasteiger partial charge in [0.15, 0.2) is 0 Å². The summed E-state index contributed by atoms with van der Waals surface area (Å²) in [5, 5.41) is 3.54. The maximum atomic E-state index is 12.9. The first kappa shape index (κ1) is 14.4. The number of rotatable bonds is 8. The summed E-state index contributed by atoms with van der Waals surface area (Å²) < 4.78 is 18.2. The molecule has 1 aliphatic carbocycles. The number of benzene rings is 1. The third kappa shape index (κ3) is 4.90. The van der Waals surface area contributed by atoms with E-state index in [1.165, 1.54) is 25.0 Å². The van der Waals surface area contributed by atoms with Crippen LogP contribution in [0.15, 0.2) is 24.3 Å². The van der Waals surface area contributed by atoms with Gasteiger partial charge in [0.05, 0.1) is 6.61 Å². The molecule has 0 aromatic heterocycles. The van der Waals surface area contributed by atoms with Gasteiger partial charge in [0.1, 0.15) is 5.82 Å². The molecule has 1 aromatic carbocycles. The minimum Gasteiger partial charge on any atom is -0.383 e. The zero-order chi connectivity index (χ0) is 13.7. The number of hydrogen-bond acceptors (Lipinski definition) is 3. The van der Waals surface area contributed by atoms with Crippen molar-refractivity contribution >= 4 is 0 Å². The third-order valence-corrected chi connectivity index (χ3v) is 3.55. The van der Waals surface area contributed by atoms with Crippen LogP contribution in [0, 0.1) is 5.82 Å². The van der Waals surface area contributed by atoms with E-state index in [-0.39, 0.29) is 5.82 Å². The average molecular weight is 266 g/mol. The molecule has 1 atom stereocenters. The van der Waals surface area contributed by atoms with Crippen LogP contribution in [0.2, 0.25) is 0 Å². The Morgan fingerprint density at radius 2 is 2.05 bits per heavy atom. The summed E-state index contributed by atoms with van der Waals surface area (Å²) in [6.45, 7) is 2.45. The monoisotopic (exact) mass is 266 g/mol. The van der Waals surface area contributed by atoms with E-state index in [0.29, 0.717) is 18.7 Å². The Bertz CT molecular complexity index is 378. The molecule has 0 radical (unpaired) electrons. The highest BCUT2D eigenvalue weighted by Crippen LogP contribution is 2.18. The van der Waals surface area contributed by atoms with Gasteiger partial charge in [-0.05, 0) is 37.6 Å². The molecule has 3 nitrogen and oxygen atoms in total. The lowest BCUT2D eigenvalue weighted by atomic mass is 10.2. The van der Waals surface area contributed by atoms with Crippen LogP contribution in [0.3, 0.4) is 0 Å². The third-order valence-electron chi connectivity index (χ3n) is 3.55. The molecule has 0 aliphatic heterocycles. The van der Waals surface area contributed by atoms with Crippen molar-refractivity contribution < 1.29 is 9.13 Å². The van der Waals surface area contributed by atoms with E-state index in [1.54, 1.807) is 7.11 Å². The van der Waals surface area contributed by atoms with Gasteiger partial charge in [-0.15, -0.1) is 0 Å². The fraction of sp³-hybridized carbons (Fsp3) is 0.600. The Kier molecular flexibility index (Phi) is 5.31. The molecule has 106 valence electrons. The number of likely N-dealkylation sites (N-methyl/N-ethyl adjacent to an activating group) is 1. The molecule has 19 heavy (non-hydrogen) atoms. The molecule has 4 heteroatoms. The summed E-state index contributed by atoms with van der Waals surface area (Å²) in [4.78, 5) is 2.26. The van der Waals surface area contributed by atoms with Crippen molar-refractivity contribution in [3.63, 3.8) is 0 Å². The fourth-order valence-corrected chi connectivity index (χ4v) is 2.13. The minimum absolute atomic E-state index is 0.185. The molecule has 1 aromatic rings. The number of ether oxygens (including phenoxy) is 1. The molecule has 0 amide bonds. The normalized spacial score (nSPS) is 16.8. The van der Waals surface area contributed by atoms with Crippen molar-refractivity contribution in [3.05, 3.63) is 35.6 Å². The first-order chi connectivity index (χ1) is 9.19. The van der Waals surface area contributed by atoms with E-state index in [4.69, 9.17) is 4.74 Å². The molecule has 1 aliphatic rings. The quantitative estimate of drug-likeness (QED) is 0.779. The molecule has 1 unspecified atom stereocenters. The standard InChI is InChI=1S/C15H23FN2O/c1-18(10-12-3-5-13(16)6-4-12)15(11-19-2)9-17-14-7-8-14/h3-6,14-15,17H,7-11H2,1-2H3. The molecule has 1 saturated carbocycles. The number of nitrogens with zero attached hydrogens (tertiary/aromatic N) is 1. The van der Waals surface area contributed by atoms with Gasteiger partial charge in [-0.2, -0.15) is 0 Å². The van der Waals surface area contributed by atoms with Crippen molar-refractivity contribution in [2.24, 2.45) is 0 Å². The zero-order valence-corrected chi connectivity index (χ0v) is 11.7. The fourth-order valence-electron chi connectivity index (χ4n) is 2.13. The second kappa shape index (κ2) is 6.98. The summed E-state index contributed by atoms with van der Waals surface area (Å²) in [7, 11) is 3.82. The lowest BCUT2D eigenvalue weighted by Gasteiger charge is -2.28. The van der Waals surface area contributed by atoms with E-state index < -0.39 is 0 Å². The van der Waals surface area contributed by atoms with E-state index in [0.717, 1.165) is 18.7 Å². The van der Waals surface area contributed by atoms with E-state index in [1.807, 2.05) is 12.1 Å². The van der Waals surface area contributed by atoms with Crippen LogP contribution in [-0.4, -0.2) is 44.3 Å². The Morgan fingerprint density at radius 3 is 2.63 bits per heavy atom. The number of hydrogen-bond donors (Lipinski definition) is 1. The van der Waals surface area contributed by atoms with Crippen molar-refractivity contribution in [1.82, 2.24) is 10.2 Å². The first-order valence-electron chi connectivity index (χ1n) is 6.86. The Hall–Kier alpha value is -0.970. The largest absolute Gasteiger partial charge is 0.383 e. The highest BCUT2D eigenvalue weighted by atomic mass is 19.1. The second-order valence-electron chi connectivity index (χ2n) is 5.33. The number of halogens is 1. The SMILES string of the molecule is COCC(CNC1CC1)N(C)Cc1ccc(F)cc1. The molecule has 0 bridgehead atoms. The van der Waals surface area contributed by atoms with Crippen LogP contribution in [0.25, 0.3) is 0 Å². The maximum Gasteiger partial charge on any atom is 0.123 e. The van der Waals surface area contributed by atoms with Gasteiger partial charge in [-0.25, -0.2) is 4.39 Å². The summed E-state index contributed by atoms with van der Waals surface area (Å²) in [6.07, 6.45) is 2.59. The maximum absolute atomic E-state index is 12.9. The van der Waals surface area contributed by atoms with Gasteiger partial charge in [0.2, 0.25) is 0 Å². The highest BCUT2D eigenvalue weighted by molar-refractivity contribution is 5.15. The average Bonchev–Trinajstić information content (AvgIpc) is 3.21. The van der Waals surface area contributed by atoms with Gasteiger partial charge in [0.25, 0.3) is 0 Å². The number of nitrogens with one attached hydrogen (secondary N) is 1. The molecular weight excluding hydrogens is 243 g/mol. The topological polar surface area (TPSA) is 24.5 Å². The van der Waals surface area contributed by atoms with Gasteiger partial charge in [0, 0.05) is 32.3 Å². The molecule has 2 rings (SSSR count). The highest BCUT2D eigenvalue weighted by Gasteiger charge is 2.23. The van der Waals surface area contributed by atoms with Gasteiger partial charge < -0.3 is 10.1 Å². The minimum atomic E-state index is -0.185. The Balaban J connectivity index is 1.85. The van der Waals surface area contributed by atoms with Crippen LogP contribution in [0.1, 0.15) is 18.4 Å². The molecule has 1 N–H and O–H groups in total. The smallest absolute Gasteiger partial charge is 0.123 e.